The third-order valence-electron chi connectivity index (χ3n) is 7.63. The molecule has 2 N–H and O–H groups in total. The Kier molecular flexibility index (Phi) is 4.29. The van der Waals surface area contributed by atoms with Crippen molar-refractivity contribution in [3.05, 3.63) is 70.8 Å². The molecule has 6 rings (SSSR count). The van der Waals surface area contributed by atoms with Crippen LogP contribution in [0.5, 0.6) is 0 Å². The molecule has 5 heteroatoms. The lowest BCUT2D eigenvalue weighted by Crippen LogP contribution is -2.36. The van der Waals surface area contributed by atoms with E-state index in [0.29, 0.717) is 30.3 Å². The molecule has 4 atom stereocenters. The summed E-state index contributed by atoms with van der Waals surface area (Å²) >= 11 is 0. The molecule has 31 heavy (non-hydrogen) atoms. The number of carbonyl (C=O) groups excluding carboxylic acids is 1. The van der Waals surface area contributed by atoms with E-state index in [1.165, 1.54) is 18.4 Å². The molecule has 1 saturated carbocycles. The summed E-state index contributed by atoms with van der Waals surface area (Å²) in [6, 6.07) is 16.9. The Morgan fingerprint density at radius 1 is 1.16 bits per heavy atom. The summed E-state index contributed by atoms with van der Waals surface area (Å²) in [7, 11) is 0. The summed E-state index contributed by atoms with van der Waals surface area (Å²) in [4.78, 5) is 20.4. The second-order valence-electron chi connectivity index (χ2n) is 9.21. The van der Waals surface area contributed by atoms with Crippen LogP contribution in [0.2, 0.25) is 0 Å². The summed E-state index contributed by atoms with van der Waals surface area (Å²) in [6.45, 7) is 3.31. The van der Waals surface area contributed by atoms with E-state index < -0.39 is 0 Å². The average Bonchev–Trinajstić information content (AvgIpc) is 3.49. The Bertz CT molecular complexity index is 1180. The van der Waals surface area contributed by atoms with Gasteiger partial charge in [0.2, 0.25) is 0 Å². The molecule has 1 amide bonds. The molecule has 1 saturated heterocycles. The number of rotatable bonds is 2. The number of pyridine rings is 1. The zero-order valence-electron chi connectivity index (χ0n) is 17.8. The first kappa shape index (κ1) is 18.8. The van der Waals surface area contributed by atoms with Crippen molar-refractivity contribution in [1.29, 1.82) is 0 Å². The number of benzene rings is 2. The molecular weight excluding hydrogens is 386 g/mol. The zero-order chi connectivity index (χ0) is 21.1. The highest BCUT2D eigenvalue weighted by atomic mass is 16.5. The van der Waals surface area contributed by atoms with Crippen molar-refractivity contribution < 1.29 is 9.53 Å². The molecule has 2 aliphatic heterocycles. The van der Waals surface area contributed by atoms with Gasteiger partial charge in [-0.1, -0.05) is 36.8 Å². The van der Waals surface area contributed by atoms with Gasteiger partial charge < -0.3 is 15.4 Å². The molecule has 0 bridgehead atoms. The molecular formula is C26H27N3O2. The highest BCUT2D eigenvalue weighted by molar-refractivity contribution is 5.99. The third kappa shape index (κ3) is 2.87. The van der Waals surface area contributed by atoms with E-state index in [4.69, 9.17) is 10.5 Å². The van der Waals surface area contributed by atoms with Crippen LogP contribution in [0.4, 0.5) is 5.82 Å². The second kappa shape index (κ2) is 7.06. The highest BCUT2D eigenvalue weighted by Crippen LogP contribution is 2.47. The van der Waals surface area contributed by atoms with E-state index in [-0.39, 0.29) is 12.0 Å². The first-order chi connectivity index (χ1) is 15.1. The van der Waals surface area contributed by atoms with Crippen LogP contribution in [0.1, 0.15) is 65.3 Å². The summed E-state index contributed by atoms with van der Waals surface area (Å²) in [5.41, 5.74) is 11.2. The van der Waals surface area contributed by atoms with Crippen molar-refractivity contribution in [2.45, 2.75) is 50.9 Å². The molecule has 158 valence electrons. The van der Waals surface area contributed by atoms with Crippen LogP contribution in [-0.2, 0) is 11.3 Å². The van der Waals surface area contributed by atoms with Crippen molar-refractivity contribution in [2.24, 2.45) is 5.92 Å². The number of nitrogens with two attached hydrogens (primary N) is 1. The van der Waals surface area contributed by atoms with Crippen molar-refractivity contribution in [3.8, 4) is 0 Å². The lowest BCUT2D eigenvalue weighted by Gasteiger charge is -2.24. The number of nitrogen functional groups attached to an aromatic ring is 1. The summed E-state index contributed by atoms with van der Waals surface area (Å²) in [5, 5.41) is 0.987. The maximum atomic E-state index is 13.7. The van der Waals surface area contributed by atoms with E-state index in [0.717, 1.165) is 40.6 Å². The van der Waals surface area contributed by atoms with Gasteiger partial charge in [-0.15, -0.1) is 0 Å². The molecule has 1 aromatic heterocycles. The molecule has 5 nitrogen and oxygen atoms in total. The molecule has 1 aliphatic carbocycles. The maximum absolute atomic E-state index is 13.7. The van der Waals surface area contributed by atoms with Gasteiger partial charge in [-0.25, -0.2) is 4.98 Å². The topological polar surface area (TPSA) is 68.5 Å². The molecule has 2 aromatic carbocycles. The lowest BCUT2D eigenvalue weighted by atomic mass is 9.87. The summed E-state index contributed by atoms with van der Waals surface area (Å²) < 4.78 is 5.82. The van der Waals surface area contributed by atoms with Gasteiger partial charge in [0.1, 0.15) is 5.82 Å². The van der Waals surface area contributed by atoms with Crippen molar-refractivity contribution in [3.63, 3.8) is 0 Å². The predicted molar refractivity (Wildman–Crippen MR) is 121 cm³/mol. The van der Waals surface area contributed by atoms with Gasteiger partial charge >= 0.3 is 0 Å². The number of amides is 1. The van der Waals surface area contributed by atoms with Gasteiger partial charge in [-0.2, -0.15) is 0 Å². The van der Waals surface area contributed by atoms with Gasteiger partial charge in [-0.05, 0) is 55.0 Å². The van der Waals surface area contributed by atoms with Crippen molar-refractivity contribution in [2.75, 3.05) is 12.3 Å². The lowest BCUT2D eigenvalue weighted by molar-refractivity contribution is 0.0728. The van der Waals surface area contributed by atoms with Gasteiger partial charge in [0, 0.05) is 35.0 Å². The van der Waals surface area contributed by atoms with Gasteiger partial charge in [0.05, 0.1) is 18.2 Å². The minimum Gasteiger partial charge on any atom is -0.383 e. The van der Waals surface area contributed by atoms with Crippen molar-refractivity contribution in [1.82, 2.24) is 9.88 Å². The predicted octanol–water partition coefficient (Wildman–Crippen LogP) is 4.82. The SMILES string of the molecule is C[C@H]1OCc2c1c(N)nc1ccc(C(=O)N3C[C@@H](c4ccccc4)[C@H]4CCC[C@@H]43)cc21. The van der Waals surface area contributed by atoms with Crippen LogP contribution >= 0.6 is 0 Å². The van der Waals surface area contributed by atoms with E-state index >= 15 is 0 Å². The number of hydrogen-bond acceptors (Lipinski definition) is 4. The third-order valence-corrected chi connectivity index (χ3v) is 7.63. The van der Waals surface area contributed by atoms with E-state index in [1.807, 2.05) is 25.1 Å². The van der Waals surface area contributed by atoms with Crippen LogP contribution in [0.3, 0.4) is 0 Å². The Balaban J connectivity index is 1.37. The van der Waals surface area contributed by atoms with Gasteiger partial charge in [0.25, 0.3) is 5.91 Å². The number of fused-ring (bicyclic) bond motifs is 4. The van der Waals surface area contributed by atoms with Crippen LogP contribution in [-0.4, -0.2) is 28.4 Å². The quantitative estimate of drug-likeness (QED) is 0.654. The van der Waals surface area contributed by atoms with Crippen LogP contribution in [0.25, 0.3) is 10.9 Å². The highest BCUT2D eigenvalue weighted by Gasteiger charge is 2.46. The largest absolute Gasteiger partial charge is 0.383 e. The first-order valence-electron chi connectivity index (χ1n) is 11.3. The van der Waals surface area contributed by atoms with Crippen LogP contribution in [0.15, 0.2) is 48.5 Å². The number of carbonyl (C=O) groups is 1. The molecule has 3 heterocycles. The fraction of sp³-hybridized carbons (Fsp3) is 0.385. The van der Waals surface area contributed by atoms with Crippen molar-refractivity contribution >= 4 is 22.6 Å². The monoisotopic (exact) mass is 413 g/mol. The Morgan fingerprint density at radius 3 is 2.84 bits per heavy atom. The number of hydrogen-bond donors (Lipinski definition) is 1. The molecule has 0 spiro atoms. The maximum Gasteiger partial charge on any atom is 0.254 e. The fourth-order valence-corrected chi connectivity index (χ4v) is 6.16. The minimum absolute atomic E-state index is 0.0595. The molecule has 2 fully saturated rings. The number of anilines is 1. The molecule has 3 aromatic rings. The van der Waals surface area contributed by atoms with Gasteiger partial charge in [0.15, 0.2) is 0 Å². The fourth-order valence-electron chi connectivity index (χ4n) is 6.16. The number of nitrogens with zero attached hydrogens (tertiary/aromatic N) is 2. The standard InChI is InChI=1S/C26H27N3O2/c1-15-24-21(14-31-15)19-12-17(10-11-22(19)28-25(24)27)26(30)29-13-20(16-6-3-2-4-7-16)18-8-5-9-23(18)29/h2-4,6-7,10-12,15,18,20,23H,5,8-9,13-14H2,1H3,(H2,27,28)/t15-,18-,20+,23+/m1/s1. The first-order valence-corrected chi connectivity index (χ1v) is 11.3. The Morgan fingerprint density at radius 2 is 2.00 bits per heavy atom. The van der Waals surface area contributed by atoms with E-state index in [1.54, 1.807) is 0 Å². The summed E-state index contributed by atoms with van der Waals surface area (Å²) in [5.74, 6) is 1.66. The smallest absolute Gasteiger partial charge is 0.254 e. The second-order valence-corrected chi connectivity index (χ2v) is 9.21. The number of aromatic nitrogens is 1. The molecule has 0 unspecified atom stereocenters. The van der Waals surface area contributed by atoms with Crippen LogP contribution < -0.4 is 5.73 Å². The average molecular weight is 414 g/mol. The molecule has 0 radical (unpaired) electrons. The van der Waals surface area contributed by atoms with E-state index in [2.05, 4.69) is 40.2 Å². The number of likely N-dealkylation sites (tertiary alicyclic amines) is 1. The Hall–Kier alpha value is -2.92. The van der Waals surface area contributed by atoms with Crippen LogP contribution in [0, 0.1) is 5.92 Å². The number of ether oxygens (including phenoxy) is 1. The van der Waals surface area contributed by atoms with E-state index in [9.17, 15) is 4.79 Å². The van der Waals surface area contributed by atoms with Gasteiger partial charge in [-0.3, -0.25) is 4.79 Å². The molecule has 3 aliphatic rings. The summed E-state index contributed by atoms with van der Waals surface area (Å²) in [6.07, 6.45) is 3.45. The zero-order valence-corrected chi connectivity index (χ0v) is 17.8. The minimum atomic E-state index is -0.0595. The Labute approximate surface area is 182 Å². The normalized spacial score (nSPS) is 26.9.